The Morgan fingerprint density at radius 2 is 0.500 bits per heavy atom. The van der Waals surface area contributed by atoms with Crippen molar-refractivity contribution in [2.75, 3.05) is 0 Å². The fourth-order valence-corrected chi connectivity index (χ4v) is 0. The van der Waals surface area contributed by atoms with Crippen molar-refractivity contribution in [1.82, 2.24) is 0 Å². The van der Waals surface area contributed by atoms with E-state index in [0.717, 1.165) is 0 Å². The Kier molecular flexibility index (Phi) is 148. The molecule has 0 rings (SSSR count). The first-order valence-corrected chi connectivity index (χ1v) is 0. The summed E-state index contributed by atoms with van der Waals surface area (Å²) in [6, 6.07) is 0. The summed E-state index contributed by atoms with van der Waals surface area (Å²) in [6.45, 7) is 0. The van der Waals surface area contributed by atoms with Gasteiger partial charge in [-0.3, -0.25) is 0 Å². The summed E-state index contributed by atoms with van der Waals surface area (Å²) < 4.78 is 0. The zero-order chi connectivity index (χ0) is 0. The quantitative estimate of drug-likeness (QED) is 0.232. The second-order valence-electron chi connectivity index (χ2n) is 0. The van der Waals surface area contributed by atoms with Crippen LogP contribution in [0.2, 0.25) is 0 Å². The fourth-order valence-electron chi connectivity index (χ4n) is 0. The van der Waals surface area contributed by atoms with E-state index >= 15 is 0 Å². The van der Waals surface area contributed by atoms with Gasteiger partial charge in [0.05, 0.1) is 0 Å². The van der Waals surface area contributed by atoms with Gasteiger partial charge in [0.2, 0.25) is 0 Å². The molecule has 0 atom stereocenters. The Morgan fingerprint density at radius 1 is 0.500 bits per heavy atom. The van der Waals surface area contributed by atoms with Crippen molar-refractivity contribution in [2.45, 2.75) is 0 Å². The molecule has 0 bridgehead atoms. The van der Waals surface area contributed by atoms with Crippen LogP contribution in [0.5, 0.6) is 0 Å². The van der Waals surface area contributed by atoms with E-state index in [4.69, 9.17) is 0 Å². The summed E-state index contributed by atoms with van der Waals surface area (Å²) in [4.78, 5) is 0. The van der Waals surface area contributed by atoms with Crippen LogP contribution in [0.4, 0.5) is 0 Å². The topological polar surface area (TPSA) is 0 Å². The molecule has 0 aliphatic heterocycles. The fraction of sp³-hybridized carbons (Fsp3) is 0. The van der Waals surface area contributed by atoms with Gasteiger partial charge in [0.1, 0.15) is 0 Å². The van der Waals surface area contributed by atoms with Crippen molar-refractivity contribution >= 4 is 0 Å². The van der Waals surface area contributed by atoms with E-state index in [9.17, 15) is 0 Å². The first-order chi connectivity index (χ1) is 0. The van der Waals surface area contributed by atoms with Crippen molar-refractivity contribution in [3.8, 4) is 0 Å². The second kappa shape index (κ2) is 18.2. The van der Waals surface area contributed by atoms with Gasteiger partial charge in [0, 0.05) is 0 Å². The molecule has 0 aromatic carbocycles. The second-order valence-corrected chi connectivity index (χ2v) is 0. The van der Waals surface area contributed by atoms with Gasteiger partial charge in [0.15, 0.2) is 0 Å². The molecule has 0 spiro atoms. The molecule has 4 heavy (non-hydrogen) atoms. The molecule has 0 aromatic rings. The molecule has 0 aromatic heterocycles. The maximum Gasteiger partial charge on any atom is 1.00 e. The van der Waals surface area contributed by atoms with Crippen LogP contribution in [0.1, 0.15) is 2.85 Å². The smallest absolute Gasteiger partial charge is 1.00 e. The number of hydrogen-bond acceptors (Lipinski definition) is 0. The molecule has 0 aliphatic carbocycles. The molecule has 0 heterocycles. The monoisotopic (exact) mass is 30.1 g/mol. The third-order valence-electron chi connectivity index (χ3n) is 0. The molecule has 0 unspecified atom stereocenters. The predicted molar refractivity (Wildman–Crippen MR) is 2.22 cm³/mol. The van der Waals surface area contributed by atoms with E-state index in [1.807, 2.05) is 0 Å². The molecule has 4 heteroatoms. The van der Waals surface area contributed by atoms with Crippen LogP contribution >= 0.6 is 0 Å². The first kappa shape index (κ1) is 32.5. The molecular formula is H2Li4+2. The van der Waals surface area contributed by atoms with Crippen LogP contribution in [-0.2, 0) is 0 Å². The standard InChI is InChI=1S/4Li.2H/q4*+1;2*-1. The Labute approximate surface area is 77.5 Å². The molecule has 0 N–H and O–H groups in total. The normalized spacial score (nSPS) is 0. The van der Waals surface area contributed by atoms with Gasteiger partial charge in [-0.1, -0.05) is 0 Å². The van der Waals surface area contributed by atoms with Crippen LogP contribution in [0.25, 0.3) is 0 Å². The molecule has 0 nitrogen and oxygen atoms in total. The molecular weight excluding hydrogens is 27.8 g/mol. The molecule has 0 saturated heterocycles. The average Bonchev–Trinajstić information content (AvgIpc) is 0. The minimum Gasteiger partial charge on any atom is -1.00 e. The molecule has 0 aliphatic rings. The maximum atomic E-state index is 0. The summed E-state index contributed by atoms with van der Waals surface area (Å²) in [5, 5.41) is 0. The van der Waals surface area contributed by atoms with Crippen LogP contribution in [0.3, 0.4) is 0 Å². The molecule has 0 radical (unpaired) electrons. The molecule has 0 fully saturated rings. The Balaban J connectivity index is 0. The van der Waals surface area contributed by atoms with Crippen molar-refractivity contribution in [2.24, 2.45) is 0 Å². The summed E-state index contributed by atoms with van der Waals surface area (Å²) in [5.74, 6) is 0. The van der Waals surface area contributed by atoms with Crippen molar-refractivity contribution in [3.05, 3.63) is 0 Å². The van der Waals surface area contributed by atoms with E-state index in [-0.39, 0.29) is 78.3 Å². The van der Waals surface area contributed by atoms with Crippen molar-refractivity contribution in [1.29, 1.82) is 0 Å². The zero-order valence-electron chi connectivity index (χ0n) is 6.00. The summed E-state index contributed by atoms with van der Waals surface area (Å²) in [5.41, 5.74) is 0. The van der Waals surface area contributed by atoms with Crippen LogP contribution in [0, 0.1) is 0 Å². The van der Waals surface area contributed by atoms with Gasteiger partial charge >= 0.3 is 75.4 Å². The van der Waals surface area contributed by atoms with Gasteiger partial charge in [-0.15, -0.1) is 0 Å². The number of hydrogen-bond donors (Lipinski definition) is 0. The van der Waals surface area contributed by atoms with Gasteiger partial charge in [-0.25, -0.2) is 0 Å². The van der Waals surface area contributed by atoms with Crippen molar-refractivity contribution < 1.29 is 78.3 Å². The SMILES string of the molecule is [H-].[H-].[Li+].[Li+].[Li+].[Li+]. The zero-order valence-corrected chi connectivity index (χ0v) is 4.00. The Hall–Kier alpha value is 2.39. The minimum absolute atomic E-state index is 0. The predicted octanol–water partition coefficient (Wildman–Crippen LogP) is -11.8. The minimum atomic E-state index is 0. The van der Waals surface area contributed by atoms with Gasteiger partial charge in [-0.05, 0) is 0 Å². The van der Waals surface area contributed by atoms with E-state index < -0.39 is 0 Å². The summed E-state index contributed by atoms with van der Waals surface area (Å²) >= 11 is 0. The van der Waals surface area contributed by atoms with Crippen molar-refractivity contribution in [3.63, 3.8) is 0 Å². The van der Waals surface area contributed by atoms with E-state index in [1.54, 1.807) is 0 Å². The van der Waals surface area contributed by atoms with Gasteiger partial charge in [-0.2, -0.15) is 0 Å². The third-order valence-corrected chi connectivity index (χ3v) is 0. The van der Waals surface area contributed by atoms with Crippen LogP contribution < -0.4 is 75.4 Å². The summed E-state index contributed by atoms with van der Waals surface area (Å²) in [7, 11) is 0. The maximum absolute atomic E-state index is 0. The first-order valence-electron chi connectivity index (χ1n) is 0. The van der Waals surface area contributed by atoms with Gasteiger partial charge < -0.3 is 2.85 Å². The van der Waals surface area contributed by atoms with E-state index in [1.165, 1.54) is 0 Å². The van der Waals surface area contributed by atoms with Crippen LogP contribution in [-0.4, -0.2) is 0 Å². The Bertz CT molecular complexity index is 5.51. The number of rotatable bonds is 0. The molecule has 0 amide bonds. The molecule has 4 valence electrons. The van der Waals surface area contributed by atoms with E-state index in [2.05, 4.69) is 0 Å². The molecule has 0 saturated carbocycles. The third kappa shape index (κ3) is 8.83. The van der Waals surface area contributed by atoms with E-state index in [0.29, 0.717) is 0 Å². The van der Waals surface area contributed by atoms with Crippen LogP contribution in [0.15, 0.2) is 0 Å². The largest absolute Gasteiger partial charge is 1.00 e. The average molecular weight is 29.8 g/mol. The Morgan fingerprint density at radius 3 is 0.500 bits per heavy atom. The van der Waals surface area contributed by atoms with Gasteiger partial charge in [0.25, 0.3) is 0 Å². The summed E-state index contributed by atoms with van der Waals surface area (Å²) in [6.07, 6.45) is 0.